The highest BCUT2D eigenvalue weighted by Crippen LogP contribution is 2.34. The van der Waals surface area contributed by atoms with Gasteiger partial charge < -0.3 is 20.1 Å². The summed E-state index contributed by atoms with van der Waals surface area (Å²) in [5, 5.41) is 6.58. The minimum atomic E-state index is -3.23. The molecule has 1 unspecified atom stereocenters. The largest absolute Gasteiger partial charge is 0.496 e. The summed E-state index contributed by atoms with van der Waals surface area (Å²) in [5.41, 5.74) is 3.83. The smallest absolute Gasteiger partial charge is 0.191 e. The maximum atomic E-state index is 11.8. The molecular formula is C23H32IN3O4S. The number of guanidine groups is 1. The summed E-state index contributed by atoms with van der Waals surface area (Å²) < 4.78 is 35.1. The lowest BCUT2D eigenvalue weighted by atomic mass is 10.1. The van der Waals surface area contributed by atoms with E-state index in [0.717, 1.165) is 41.2 Å². The van der Waals surface area contributed by atoms with E-state index >= 15 is 0 Å². The maximum Gasteiger partial charge on any atom is 0.191 e. The lowest BCUT2D eigenvalue weighted by Crippen LogP contribution is -2.36. The molecule has 0 aromatic heterocycles. The van der Waals surface area contributed by atoms with Crippen LogP contribution in [0.5, 0.6) is 11.5 Å². The molecule has 32 heavy (non-hydrogen) atoms. The van der Waals surface area contributed by atoms with Crippen molar-refractivity contribution in [3.05, 3.63) is 52.6 Å². The highest BCUT2D eigenvalue weighted by atomic mass is 127. The summed E-state index contributed by atoms with van der Waals surface area (Å²) >= 11 is 0. The Hall–Kier alpha value is -2.01. The van der Waals surface area contributed by atoms with E-state index in [-0.39, 0.29) is 30.1 Å². The molecule has 0 aliphatic carbocycles. The molecular weight excluding hydrogens is 541 g/mol. The van der Waals surface area contributed by atoms with Crippen LogP contribution >= 0.6 is 24.0 Å². The van der Waals surface area contributed by atoms with Crippen molar-refractivity contribution in [2.45, 2.75) is 51.3 Å². The minimum Gasteiger partial charge on any atom is -0.496 e. The van der Waals surface area contributed by atoms with Crippen molar-refractivity contribution < 1.29 is 17.9 Å². The molecule has 0 spiro atoms. The maximum absolute atomic E-state index is 11.8. The Morgan fingerprint density at radius 3 is 2.62 bits per heavy atom. The molecule has 0 saturated carbocycles. The zero-order valence-corrected chi connectivity index (χ0v) is 22.3. The summed E-state index contributed by atoms with van der Waals surface area (Å²) in [7, 11) is -1.55. The normalized spacial score (nSPS) is 15.4. The van der Waals surface area contributed by atoms with Gasteiger partial charge in [0.1, 0.15) is 17.6 Å². The lowest BCUT2D eigenvalue weighted by Gasteiger charge is -2.15. The molecule has 0 saturated heterocycles. The number of nitrogens with zero attached hydrogens (tertiary/aromatic N) is 1. The van der Waals surface area contributed by atoms with Gasteiger partial charge in [-0.05, 0) is 50.1 Å². The Labute approximate surface area is 207 Å². The first-order chi connectivity index (χ1) is 14.7. The summed E-state index contributed by atoms with van der Waals surface area (Å²) in [5.74, 6) is 2.41. The van der Waals surface area contributed by atoms with Crippen LogP contribution in [0.25, 0.3) is 0 Å². The second-order valence-corrected chi connectivity index (χ2v) is 9.81. The van der Waals surface area contributed by atoms with Gasteiger partial charge in [0.2, 0.25) is 0 Å². The topological polar surface area (TPSA) is 89.0 Å². The first-order valence-electron chi connectivity index (χ1n) is 10.4. The number of hydrogen-bond donors (Lipinski definition) is 2. The molecule has 9 heteroatoms. The van der Waals surface area contributed by atoms with Crippen LogP contribution in [0.3, 0.4) is 0 Å². The molecule has 7 nitrogen and oxygen atoms in total. The fourth-order valence-electron chi connectivity index (χ4n) is 3.73. The van der Waals surface area contributed by atoms with Gasteiger partial charge in [-0.25, -0.2) is 13.4 Å². The number of benzene rings is 2. The number of sulfone groups is 1. The average molecular weight is 573 g/mol. The van der Waals surface area contributed by atoms with Gasteiger partial charge in [-0.1, -0.05) is 12.1 Å². The van der Waals surface area contributed by atoms with Crippen LogP contribution in [-0.4, -0.2) is 40.4 Å². The Morgan fingerprint density at radius 1 is 1.25 bits per heavy atom. The number of rotatable bonds is 7. The van der Waals surface area contributed by atoms with Crippen molar-refractivity contribution in [1.82, 2.24) is 10.6 Å². The average Bonchev–Trinajstić information content (AvgIpc) is 3.07. The van der Waals surface area contributed by atoms with E-state index in [2.05, 4.69) is 22.5 Å². The fraction of sp³-hybridized carbons (Fsp3) is 0.435. The Balaban J connectivity index is 0.00000363. The van der Waals surface area contributed by atoms with E-state index in [4.69, 9.17) is 9.47 Å². The Bertz CT molecular complexity index is 1090. The standard InChI is InChI=1S/C23H31N3O4S.HI/c1-6-24-23(25-13-17-7-8-22(15(2)9-17)31(5,27)28)26-14-19-12-21-18(10-16(3)30-21)11-20(19)29-4;/h7-9,11-12,16H,6,10,13-14H2,1-5H3,(H2,24,25,26);1H. The third-order valence-corrected chi connectivity index (χ3v) is 6.41. The monoisotopic (exact) mass is 573 g/mol. The number of halogens is 1. The number of methoxy groups -OCH3 is 1. The summed E-state index contributed by atoms with van der Waals surface area (Å²) in [6.45, 7) is 7.56. The molecule has 176 valence electrons. The number of fused-ring (bicyclic) bond motifs is 1. The van der Waals surface area contributed by atoms with Crippen LogP contribution in [0.15, 0.2) is 40.2 Å². The van der Waals surface area contributed by atoms with Crippen LogP contribution in [0.4, 0.5) is 0 Å². The van der Waals surface area contributed by atoms with Crippen molar-refractivity contribution in [2.75, 3.05) is 19.9 Å². The quantitative estimate of drug-likeness (QED) is 0.299. The van der Waals surface area contributed by atoms with Crippen molar-refractivity contribution >= 4 is 39.8 Å². The van der Waals surface area contributed by atoms with Crippen molar-refractivity contribution in [3.8, 4) is 11.5 Å². The third kappa shape index (κ3) is 6.50. The van der Waals surface area contributed by atoms with Gasteiger partial charge in [-0.3, -0.25) is 0 Å². The number of aryl methyl sites for hydroxylation is 1. The van der Waals surface area contributed by atoms with E-state index in [9.17, 15) is 8.42 Å². The van der Waals surface area contributed by atoms with E-state index in [1.54, 1.807) is 26.2 Å². The summed E-state index contributed by atoms with van der Waals surface area (Å²) in [4.78, 5) is 5.00. The second kappa shape index (κ2) is 11.2. The van der Waals surface area contributed by atoms with Gasteiger partial charge in [0, 0.05) is 36.9 Å². The van der Waals surface area contributed by atoms with Gasteiger partial charge in [0.05, 0.1) is 18.6 Å². The molecule has 1 aliphatic rings. The molecule has 0 fully saturated rings. The van der Waals surface area contributed by atoms with Crippen molar-refractivity contribution in [1.29, 1.82) is 0 Å². The molecule has 2 aromatic rings. The molecule has 1 atom stereocenters. The molecule has 2 N–H and O–H groups in total. The molecule has 1 aliphatic heterocycles. The summed E-state index contributed by atoms with van der Waals surface area (Å²) in [6, 6.07) is 9.39. The number of hydrogen-bond acceptors (Lipinski definition) is 5. The number of aliphatic imine (C=N–C) groups is 1. The first-order valence-corrected chi connectivity index (χ1v) is 12.3. The first kappa shape index (κ1) is 26.2. The molecule has 3 rings (SSSR count). The van der Waals surface area contributed by atoms with Crippen molar-refractivity contribution in [2.24, 2.45) is 4.99 Å². The SMILES string of the molecule is CCNC(=NCc1ccc(S(C)(=O)=O)c(C)c1)NCc1cc2c(cc1OC)CC(C)O2.I. The predicted octanol–water partition coefficient (Wildman–Crippen LogP) is 3.60. The molecule has 2 aromatic carbocycles. The van der Waals surface area contributed by atoms with E-state index in [1.165, 1.54) is 11.8 Å². The zero-order valence-electron chi connectivity index (χ0n) is 19.2. The van der Waals surface area contributed by atoms with Crippen LogP contribution in [-0.2, 0) is 29.3 Å². The molecule has 0 radical (unpaired) electrons. The van der Waals surface area contributed by atoms with Crippen LogP contribution in [0.1, 0.15) is 36.1 Å². The second-order valence-electron chi connectivity index (χ2n) is 7.83. The Morgan fingerprint density at radius 2 is 2.00 bits per heavy atom. The predicted molar refractivity (Wildman–Crippen MR) is 138 cm³/mol. The summed E-state index contributed by atoms with van der Waals surface area (Å²) in [6.07, 6.45) is 2.29. The highest BCUT2D eigenvalue weighted by molar-refractivity contribution is 14.0. The minimum absolute atomic E-state index is 0. The van der Waals surface area contributed by atoms with Gasteiger partial charge in [-0.15, -0.1) is 24.0 Å². The van der Waals surface area contributed by atoms with Crippen LogP contribution in [0, 0.1) is 6.92 Å². The van der Waals surface area contributed by atoms with Crippen LogP contribution < -0.4 is 20.1 Å². The highest BCUT2D eigenvalue weighted by Gasteiger charge is 2.21. The van der Waals surface area contributed by atoms with Crippen LogP contribution in [0.2, 0.25) is 0 Å². The van der Waals surface area contributed by atoms with Gasteiger partial charge in [-0.2, -0.15) is 0 Å². The number of nitrogens with one attached hydrogen (secondary N) is 2. The Kier molecular flexibility index (Phi) is 9.20. The zero-order chi connectivity index (χ0) is 22.6. The van der Waals surface area contributed by atoms with Gasteiger partial charge in [0.25, 0.3) is 0 Å². The van der Waals surface area contributed by atoms with E-state index < -0.39 is 9.84 Å². The molecule has 1 heterocycles. The van der Waals surface area contributed by atoms with E-state index in [0.29, 0.717) is 23.9 Å². The van der Waals surface area contributed by atoms with E-state index in [1.807, 2.05) is 25.1 Å². The molecule has 0 bridgehead atoms. The fourth-order valence-corrected chi connectivity index (χ4v) is 4.69. The number of ether oxygens (including phenoxy) is 2. The third-order valence-electron chi connectivity index (χ3n) is 5.15. The van der Waals surface area contributed by atoms with Crippen molar-refractivity contribution in [3.63, 3.8) is 0 Å². The van der Waals surface area contributed by atoms with Gasteiger partial charge >= 0.3 is 0 Å². The molecule has 0 amide bonds. The lowest BCUT2D eigenvalue weighted by molar-refractivity contribution is 0.254. The van der Waals surface area contributed by atoms with Gasteiger partial charge in [0.15, 0.2) is 15.8 Å².